The maximum Gasteiger partial charge on any atom is 0.413 e. The lowest BCUT2D eigenvalue weighted by atomic mass is 10.1. The van der Waals surface area contributed by atoms with E-state index >= 15 is 0 Å². The number of aldehydes is 1. The van der Waals surface area contributed by atoms with Crippen LogP contribution in [-0.4, -0.2) is 122 Å². The lowest BCUT2D eigenvalue weighted by molar-refractivity contribution is 0.0624. The van der Waals surface area contributed by atoms with E-state index in [-0.39, 0.29) is 126 Å². The molecule has 53 heteroatoms. The average Bonchev–Trinajstić information content (AvgIpc) is 1.61. The van der Waals surface area contributed by atoms with Crippen molar-refractivity contribution in [3.05, 3.63) is 372 Å². The minimum absolute atomic E-state index is 0.00341. The van der Waals surface area contributed by atoms with Gasteiger partial charge >= 0.3 is 12.2 Å². The van der Waals surface area contributed by atoms with E-state index in [1.165, 1.54) is 185 Å². The molecule has 0 bridgehead atoms. The molecule has 7 amide bonds. The summed E-state index contributed by atoms with van der Waals surface area (Å²) in [5, 5.41) is 24.4. The van der Waals surface area contributed by atoms with Crippen LogP contribution in [-0.2, 0) is 9.47 Å². The summed E-state index contributed by atoms with van der Waals surface area (Å²) in [7, 11) is 0. The van der Waals surface area contributed by atoms with Crippen molar-refractivity contribution in [3.8, 4) is 0 Å². The van der Waals surface area contributed by atoms with Gasteiger partial charge in [-0.05, 0) is 187 Å². The summed E-state index contributed by atoms with van der Waals surface area (Å²) in [6.45, 7) is 10.5. The number of pyridine rings is 5. The zero-order valence-corrected chi connectivity index (χ0v) is 81.7. The summed E-state index contributed by atoms with van der Waals surface area (Å²) in [5.41, 5.74) is 20.0. The van der Waals surface area contributed by atoms with Crippen molar-refractivity contribution in [2.45, 2.75) is 77.4 Å². The maximum absolute atomic E-state index is 13.8. The minimum Gasteiger partial charge on any atom is -0.444 e. The number of ether oxygens (including phenoxy) is 2. The van der Waals surface area contributed by atoms with E-state index in [1.54, 1.807) is 71.9 Å². The minimum atomic E-state index is -0.945. The highest BCUT2D eigenvalue weighted by Crippen LogP contribution is 2.36. The van der Waals surface area contributed by atoms with Crippen molar-refractivity contribution in [3.63, 3.8) is 0 Å². The third kappa shape index (κ3) is 26.8. The Hall–Kier alpha value is -16.4. The molecule has 144 heavy (non-hydrogen) atoms. The molecule has 5 aromatic carbocycles. The number of rotatable bonds is 14. The number of nitrogen functional groups attached to an aromatic ring is 3. The standard InChI is InChI=1S/C22H20ClFN6O4.2C17H12ClFN6O2.C13H7BrClFN2O2.C9H14N4O2.C7H5FO.C6H4BrClN2O2/c1-22(2,3)34-21(33)28-16-9-15(25-10-26-16)27-14-8-13(23)17-19(31)29-18(30(17)20(14)32)11-5-4-6-12(24)7-11;2*18-10-5-11(23-13-6-12(20)21-7-22-13)17(27)25-14(10)16(26)24-15(25)8-2-1-3-9(19)4-8;14-8-5-9(15)10-12(19)17-11(18(10)13(8)20)6-2-1-3-7(16)4-6;1-9(2,3)15-8(14)13-7-4-6(10)11-5-12-7;8-7-3-1-2-6(4-7)5-9;7-2-1-3(8)4(5(9)11)10-6(2)12/h4-10,18H,1-3H3,(H,29,31)(H2,25,26,27,28,33);2*1-7,15H,(H,24,26)(H3,20,21,22,23);1-5,11H,(H,17,19);4-5H,1-3H3,(H3,10,11,12,13,14);1-5H;1H,(H2,9,11)(H,10,12). The van der Waals surface area contributed by atoms with Gasteiger partial charge in [-0.15, -0.1) is 0 Å². The average molecular weight is 2200 g/mol. The number of benzene rings is 5. The van der Waals surface area contributed by atoms with Crippen LogP contribution in [0.1, 0.15) is 151 Å². The summed E-state index contributed by atoms with van der Waals surface area (Å²) in [5.74, 6) is -3.22. The number of carbonyl (C=O) groups excluding carboxylic acids is 8. The highest BCUT2D eigenvalue weighted by atomic mass is 79.9. The third-order valence-corrected chi connectivity index (χ3v) is 21.9. The summed E-state index contributed by atoms with van der Waals surface area (Å²) in [6, 6.07) is 40.4. The molecule has 41 nitrogen and oxygen atoms in total. The Balaban J connectivity index is 0.000000155. The fourth-order valence-electron chi connectivity index (χ4n) is 13.5. The molecule has 0 saturated carbocycles. The van der Waals surface area contributed by atoms with Gasteiger partial charge in [0.1, 0.15) is 189 Å². The summed E-state index contributed by atoms with van der Waals surface area (Å²) < 4.78 is 82.0. The number of nitrogens with two attached hydrogens (primary N) is 4. The van der Waals surface area contributed by atoms with Crippen molar-refractivity contribution in [1.29, 1.82) is 0 Å². The maximum atomic E-state index is 13.8. The Kier molecular flexibility index (Phi) is 33.9. The highest BCUT2D eigenvalue weighted by Gasteiger charge is 2.39. The second-order valence-corrected chi connectivity index (χ2v) is 35.7. The lowest BCUT2D eigenvalue weighted by Gasteiger charge is -2.19. The SMILES string of the molecule is CC(C)(C)OC(=O)Nc1cc(N)ncn1.CC(C)(C)OC(=O)Nc1cc(Nc2cc(Cl)c3n(c2=O)C(c2cccc(F)c2)NC3=O)ncn1.NC(=O)c1[nH]c(=O)c(Br)cc1Cl.Nc1cc(Nc2cc(Cl)c3n(c2=O)C(c2cccc(F)c2)NC3=O)ncn1.Nc1cc(Nc2cc(Cl)c3n(c2=O)C(c2cccc(F)c2)NC3=O)ncn1.O=C1NC(c2cccc(F)c2)n2c1c(Cl)cc(Br)c2=O.O=Cc1cccc(F)c1. The Morgan fingerprint density at radius 3 is 0.972 bits per heavy atom. The van der Waals surface area contributed by atoms with E-state index in [0.29, 0.717) is 39.9 Å². The zero-order chi connectivity index (χ0) is 105. The lowest BCUT2D eigenvalue weighted by Crippen LogP contribution is -2.29. The van der Waals surface area contributed by atoms with E-state index in [2.05, 4.69) is 125 Å². The number of hydrogen-bond acceptors (Lipinski definition) is 29. The van der Waals surface area contributed by atoms with Gasteiger partial charge in [-0.3, -0.25) is 81.6 Å². The quantitative estimate of drug-likeness (QED) is 0.0355. The first-order valence-corrected chi connectivity index (χ1v) is 44.7. The molecule has 13 heterocycles. The number of halogens is 12. The van der Waals surface area contributed by atoms with Gasteiger partial charge in [-0.1, -0.05) is 119 Å². The second kappa shape index (κ2) is 45.9. The van der Waals surface area contributed by atoms with Gasteiger partial charge in [0.05, 0.1) is 34.1 Å². The van der Waals surface area contributed by atoms with Crippen molar-refractivity contribution < 1.29 is 69.8 Å². The van der Waals surface area contributed by atoms with Crippen molar-refractivity contribution in [1.82, 2.24) is 84.4 Å². The topological polar surface area (TPSA) is 591 Å². The van der Waals surface area contributed by atoms with Gasteiger partial charge in [-0.25, -0.2) is 71.4 Å². The smallest absolute Gasteiger partial charge is 0.413 e. The number of aromatic amines is 1. The molecule has 14 aromatic rings. The number of anilines is 11. The fourth-order valence-corrected chi connectivity index (χ4v) is 15.9. The third-order valence-electron chi connectivity index (χ3n) is 19.3. The normalized spacial score (nSPS) is 14.1. The van der Waals surface area contributed by atoms with Crippen LogP contribution in [0.5, 0.6) is 0 Å². The molecule has 742 valence electrons. The Morgan fingerprint density at radius 1 is 0.382 bits per heavy atom. The van der Waals surface area contributed by atoms with Crippen LogP contribution >= 0.6 is 89.9 Å². The number of primary amides is 1. The van der Waals surface area contributed by atoms with Gasteiger partial charge < -0.3 is 74.6 Å². The molecule has 18 rings (SSSR count). The summed E-state index contributed by atoms with van der Waals surface area (Å²) >= 11 is 36.4. The van der Waals surface area contributed by atoms with Gasteiger partial charge in [0.2, 0.25) is 0 Å². The van der Waals surface area contributed by atoms with Crippen molar-refractivity contribution >= 4 is 201 Å². The van der Waals surface area contributed by atoms with Crippen LogP contribution in [0, 0.1) is 29.1 Å². The molecule has 0 aliphatic carbocycles. The van der Waals surface area contributed by atoms with E-state index < -0.39 is 129 Å². The molecule has 0 fully saturated rings. The van der Waals surface area contributed by atoms with Crippen LogP contribution in [0.4, 0.5) is 95.1 Å². The van der Waals surface area contributed by atoms with E-state index in [1.807, 2.05) is 0 Å². The predicted octanol–water partition coefficient (Wildman–Crippen LogP) is 14.5. The number of fused-ring (bicyclic) bond motifs is 4. The van der Waals surface area contributed by atoms with Crippen molar-refractivity contribution in [2.24, 2.45) is 5.73 Å². The van der Waals surface area contributed by atoms with Crippen LogP contribution in [0.15, 0.2) is 234 Å². The van der Waals surface area contributed by atoms with Crippen LogP contribution in [0.2, 0.25) is 25.1 Å². The number of hydrogen-bond donors (Lipinski definition) is 14. The van der Waals surface area contributed by atoms with E-state index in [9.17, 15) is 84.3 Å². The summed E-state index contributed by atoms with van der Waals surface area (Å²) in [6.07, 6.45) is 0.788. The highest BCUT2D eigenvalue weighted by molar-refractivity contribution is 9.10. The number of H-pyrrole nitrogens is 1. The molecule has 4 atom stereocenters. The molecular weight excluding hydrogens is 2130 g/mol. The fraction of sp³-hybridized carbons (Fsp3) is 0.132. The molecular formula is C91H74Br2Cl5F5N26O15. The molecule has 4 aliphatic heterocycles. The molecule has 0 spiro atoms. The molecule has 9 aromatic heterocycles. The first-order chi connectivity index (χ1) is 68.1. The van der Waals surface area contributed by atoms with Crippen LogP contribution < -0.4 is 98.6 Å². The second-order valence-electron chi connectivity index (χ2n) is 32.0. The first kappa shape index (κ1) is 106. The number of aromatic nitrogens is 13. The van der Waals surface area contributed by atoms with Crippen LogP contribution in [0.3, 0.4) is 0 Å². The van der Waals surface area contributed by atoms with Gasteiger partial charge in [0, 0.05) is 29.8 Å². The number of nitrogens with zero attached hydrogens (tertiary/aromatic N) is 12. The van der Waals surface area contributed by atoms with Crippen molar-refractivity contribution in [2.75, 3.05) is 43.8 Å². The first-order valence-electron chi connectivity index (χ1n) is 41.3. The Bertz CT molecular complexity index is 7580. The molecule has 4 unspecified atom stereocenters. The summed E-state index contributed by atoms with van der Waals surface area (Å²) in [4.78, 5) is 189. The predicted molar refractivity (Wildman–Crippen MR) is 530 cm³/mol. The number of nitrogens with one attached hydrogen (secondary N) is 10. The van der Waals surface area contributed by atoms with Crippen LogP contribution in [0.25, 0.3) is 0 Å². The Morgan fingerprint density at radius 2 is 0.667 bits per heavy atom. The molecule has 0 saturated heterocycles. The van der Waals surface area contributed by atoms with Gasteiger partial charge in [-0.2, -0.15) is 0 Å². The van der Waals surface area contributed by atoms with E-state index in [4.69, 9.17) is 90.4 Å². The Labute approximate surface area is 849 Å². The monoisotopic (exact) mass is 2200 g/mol. The molecule has 0 radical (unpaired) electrons. The van der Waals surface area contributed by atoms with Gasteiger partial charge in [0.15, 0.2) is 0 Å². The van der Waals surface area contributed by atoms with Gasteiger partial charge in [0.25, 0.3) is 57.3 Å². The number of amides is 7. The molecule has 4 aliphatic rings. The molecule has 18 N–H and O–H groups in total. The van der Waals surface area contributed by atoms with E-state index in [0.717, 1.165) is 4.57 Å². The zero-order valence-electron chi connectivity index (χ0n) is 74.8. The number of carbonyl (C=O) groups is 8. The largest absolute Gasteiger partial charge is 0.444 e.